The lowest BCUT2D eigenvalue weighted by molar-refractivity contribution is -0.274. The van der Waals surface area contributed by atoms with Crippen LogP contribution in [-0.4, -0.2) is 33.8 Å². The van der Waals surface area contributed by atoms with Gasteiger partial charge in [0.15, 0.2) is 5.82 Å². The van der Waals surface area contributed by atoms with Gasteiger partial charge in [0.05, 0.1) is 12.2 Å². The third kappa shape index (κ3) is 5.28. The highest BCUT2D eigenvalue weighted by Crippen LogP contribution is 2.24. The first-order chi connectivity index (χ1) is 13.4. The van der Waals surface area contributed by atoms with E-state index in [1.165, 1.54) is 41.4 Å². The zero-order chi connectivity index (χ0) is 20.0. The van der Waals surface area contributed by atoms with Crippen LogP contribution in [0.25, 0.3) is 17.1 Å². The van der Waals surface area contributed by atoms with Gasteiger partial charge in [-0.3, -0.25) is 0 Å². The van der Waals surface area contributed by atoms with Gasteiger partial charge in [-0.1, -0.05) is 18.2 Å². The molecule has 0 unspecified atom stereocenters. The number of carbonyl (C=O) groups excluding carboxylic acids is 1. The summed E-state index contributed by atoms with van der Waals surface area (Å²) in [5.41, 5.74) is 2.42. The molecule has 0 fully saturated rings. The molecule has 0 aliphatic heterocycles. The van der Waals surface area contributed by atoms with Crippen LogP contribution in [0.15, 0.2) is 59.9 Å². The van der Waals surface area contributed by atoms with E-state index in [1.807, 2.05) is 24.3 Å². The minimum Gasteiger partial charge on any atom is -0.406 e. The third-order valence-electron chi connectivity index (χ3n) is 3.81. The molecule has 0 atom stereocenters. The summed E-state index contributed by atoms with van der Waals surface area (Å²) in [6, 6.07) is 13.0. The molecule has 9 heteroatoms. The normalized spacial score (nSPS) is 11.1. The number of hydrogen-bond acceptors (Lipinski definition) is 5. The van der Waals surface area contributed by atoms with Gasteiger partial charge in [-0.15, -0.1) is 18.3 Å². The number of hydrogen-bond donors (Lipinski definition) is 0. The van der Waals surface area contributed by atoms with E-state index in [0.717, 1.165) is 24.0 Å². The maximum atomic E-state index is 12.2. The minimum atomic E-state index is -4.73. The predicted octanol–water partition coefficient (Wildman–Crippen LogP) is 4.10. The summed E-state index contributed by atoms with van der Waals surface area (Å²) in [6.45, 7) is 0.425. The Hall–Kier alpha value is -3.45. The molecule has 0 bridgehead atoms. The Balaban J connectivity index is 1.72. The molecule has 0 saturated heterocycles. The number of ether oxygens (including phenoxy) is 1. The lowest BCUT2D eigenvalue weighted by atomic mass is 10.1. The van der Waals surface area contributed by atoms with Crippen molar-refractivity contribution in [2.75, 3.05) is 6.54 Å². The molecule has 1 aromatic heterocycles. The summed E-state index contributed by atoms with van der Waals surface area (Å²) < 4.78 is 42.0. The minimum absolute atomic E-state index is 0.303. The monoisotopic (exact) mass is 388 g/mol. The summed E-state index contributed by atoms with van der Waals surface area (Å²) in [5.74, 6) is 0.187. The Morgan fingerprint density at radius 3 is 2.64 bits per heavy atom. The van der Waals surface area contributed by atoms with Gasteiger partial charge in [0.2, 0.25) is 6.08 Å². The zero-order valence-corrected chi connectivity index (χ0v) is 14.6. The van der Waals surface area contributed by atoms with E-state index >= 15 is 0 Å². The highest BCUT2D eigenvalue weighted by molar-refractivity contribution is 5.56. The Labute approximate surface area is 158 Å². The van der Waals surface area contributed by atoms with Gasteiger partial charge in [-0.05, 0) is 48.7 Å². The maximum absolute atomic E-state index is 12.2. The van der Waals surface area contributed by atoms with Crippen LogP contribution in [0.4, 0.5) is 13.2 Å². The van der Waals surface area contributed by atoms with Gasteiger partial charge >= 0.3 is 6.36 Å². The lowest BCUT2D eigenvalue weighted by Crippen LogP contribution is -2.17. The first-order valence-electron chi connectivity index (χ1n) is 8.35. The second kappa shape index (κ2) is 8.49. The molecule has 144 valence electrons. The number of benzene rings is 2. The Morgan fingerprint density at radius 2 is 1.93 bits per heavy atom. The van der Waals surface area contributed by atoms with E-state index in [2.05, 4.69) is 19.8 Å². The molecule has 0 saturated carbocycles. The first kappa shape index (κ1) is 19.3. The first-order valence-corrected chi connectivity index (χ1v) is 8.35. The summed E-state index contributed by atoms with van der Waals surface area (Å²) in [5, 5.41) is 4.38. The molecular weight excluding hydrogens is 373 g/mol. The Bertz CT molecular complexity index is 977. The number of aryl methyl sites for hydroxylation is 1. The number of aliphatic imine (C=N–C) groups is 1. The fourth-order valence-electron chi connectivity index (χ4n) is 2.59. The number of halogens is 3. The van der Waals surface area contributed by atoms with Gasteiger partial charge in [0, 0.05) is 5.56 Å². The topological polar surface area (TPSA) is 69.4 Å². The van der Waals surface area contributed by atoms with Gasteiger partial charge in [-0.2, -0.15) is 0 Å². The molecular formula is C19H15F3N4O2. The Kier molecular flexibility index (Phi) is 5.86. The van der Waals surface area contributed by atoms with Crippen LogP contribution in [0, 0.1) is 0 Å². The molecule has 0 N–H and O–H groups in total. The SMILES string of the molecule is O=C=NCCCc1cccc(-c2ncn(-c3ccc(OC(F)(F)F)cc3)n2)c1. The van der Waals surface area contributed by atoms with Gasteiger partial charge in [0.1, 0.15) is 12.1 Å². The fraction of sp³-hybridized carbons (Fsp3) is 0.211. The van der Waals surface area contributed by atoms with Crippen molar-refractivity contribution in [3.05, 3.63) is 60.4 Å². The molecule has 1 heterocycles. The summed E-state index contributed by atoms with van der Waals surface area (Å²) >= 11 is 0. The van der Waals surface area contributed by atoms with Crippen molar-refractivity contribution >= 4 is 6.08 Å². The number of aromatic nitrogens is 3. The zero-order valence-electron chi connectivity index (χ0n) is 14.6. The van der Waals surface area contributed by atoms with Crippen LogP contribution in [0.3, 0.4) is 0 Å². The molecule has 0 aliphatic carbocycles. The predicted molar refractivity (Wildman–Crippen MR) is 94.8 cm³/mol. The molecule has 3 rings (SSSR count). The van der Waals surface area contributed by atoms with Gasteiger partial charge in [0.25, 0.3) is 0 Å². The summed E-state index contributed by atoms with van der Waals surface area (Å²) in [7, 11) is 0. The van der Waals surface area contributed by atoms with Crippen LogP contribution in [0.2, 0.25) is 0 Å². The maximum Gasteiger partial charge on any atom is 0.573 e. The average molecular weight is 388 g/mol. The second-order valence-electron chi connectivity index (χ2n) is 5.83. The highest BCUT2D eigenvalue weighted by atomic mass is 19.4. The van der Waals surface area contributed by atoms with Crippen LogP contribution in [0.5, 0.6) is 5.75 Å². The van der Waals surface area contributed by atoms with Crippen LogP contribution < -0.4 is 4.74 Å². The van der Waals surface area contributed by atoms with Crippen molar-refractivity contribution < 1.29 is 22.7 Å². The second-order valence-corrected chi connectivity index (χ2v) is 5.83. The van der Waals surface area contributed by atoms with Crippen LogP contribution in [0.1, 0.15) is 12.0 Å². The molecule has 0 spiro atoms. The standard InChI is InChI=1S/C19H15F3N4O2/c20-19(21,22)28-17-8-6-16(7-9-17)26-12-24-18(25-26)15-5-1-3-14(11-15)4-2-10-23-13-27/h1,3,5-9,11-12H,2,4,10H2. The number of isocyanates is 1. The number of alkyl halides is 3. The molecule has 2 aromatic carbocycles. The van der Waals surface area contributed by atoms with Crippen molar-refractivity contribution in [2.24, 2.45) is 4.99 Å². The lowest BCUT2D eigenvalue weighted by Gasteiger charge is -2.09. The van der Waals surface area contributed by atoms with E-state index in [9.17, 15) is 18.0 Å². The summed E-state index contributed by atoms with van der Waals surface area (Å²) in [4.78, 5) is 17.9. The molecule has 0 aliphatic rings. The molecule has 6 nitrogen and oxygen atoms in total. The smallest absolute Gasteiger partial charge is 0.406 e. The van der Waals surface area contributed by atoms with E-state index in [-0.39, 0.29) is 5.75 Å². The summed E-state index contributed by atoms with van der Waals surface area (Å²) in [6.07, 6.45) is -0.251. The van der Waals surface area contributed by atoms with Crippen LogP contribution >= 0.6 is 0 Å². The fourth-order valence-corrected chi connectivity index (χ4v) is 2.59. The molecule has 0 amide bonds. The van der Waals surface area contributed by atoms with E-state index in [4.69, 9.17) is 0 Å². The highest BCUT2D eigenvalue weighted by Gasteiger charge is 2.30. The van der Waals surface area contributed by atoms with Crippen molar-refractivity contribution in [3.8, 4) is 22.8 Å². The van der Waals surface area contributed by atoms with E-state index in [1.54, 1.807) is 0 Å². The number of nitrogens with zero attached hydrogens (tertiary/aromatic N) is 4. The third-order valence-corrected chi connectivity index (χ3v) is 3.81. The van der Waals surface area contributed by atoms with Crippen LogP contribution in [-0.2, 0) is 11.2 Å². The van der Waals surface area contributed by atoms with Gasteiger partial charge < -0.3 is 4.74 Å². The molecule has 28 heavy (non-hydrogen) atoms. The molecule has 3 aromatic rings. The van der Waals surface area contributed by atoms with Crippen molar-refractivity contribution in [2.45, 2.75) is 19.2 Å². The molecule has 0 radical (unpaired) electrons. The van der Waals surface area contributed by atoms with Crippen molar-refractivity contribution in [1.82, 2.24) is 14.8 Å². The van der Waals surface area contributed by atoms with Crippen molar-refractivity contribution in [1.29, 1.82) is 0 Å². The Morgan fingerprint density at radius 1 is 1.14 bits per heavy atom. The largest absolute Gasteiger partial charge is 0.573 e. The quantitative estimate of drug-likeness (QED) is 0.347. The van der Waals surface area contributed by atoms with Crippen molar-refractivity contribution in [3.63, 3.8) is 0 Å². The average Bonchev–Trinajstić information content (AvgIpc) is 3.15. The van der Waals surface area contributed by atoms with E-state index < -0.39 is 6.36 Å². The van der Waals surface area contributed by atoms with Gasteiger partial charge in [-0.25, -0.2) is 19.5 Å². The number of rotatable bonds is 7. The van der Waals surface area contributed by atoms with E-state index in [0.29, 0.717) is 18.1 Å².